The van der Waals surface area contributed by atoms with Gasteiger partial charge in [-0.3, -0.25) is 4.98 Å². The lowest BCUT2D eigenvalue weighted by Crippen LogP contribution is -2.08. The van der Waals surface area contributed by atoms with Gasteiger partial charge in [-0.05, 0) is 6.07 Å². The minimum Gasteiger partial charge on any atom is -0.390 e. The molecule has 2 heterocycles. The highest BCUT2D eigenvalue weighted by Gasteiger charge is 2.33. The zero-order valence-electron chi connectivity index (χ0n) is 8.39. The Morgan fingerprint density at radius 1 is 1.24 bits per heavy atom. The molecule has 2 rings (SSSR count). The van der Waals surface area contributed by atoms with E-state index in [2.05, 4.69) is 15.1 Å². The van der Waals surface area contributed by atoms with Crippen LogP contribution >= 0.6 is 0 Å². The first-order valence-corrected chi connectivity index (χ1v) is 4.56. The van der Waals surface area contributed by atoms with Crippen LogP contribution in [0.1, 0.15) is 11.4 Å². The summed E-state index contributed by atoms with van der Waals surface area (Å²) in [6.45, 7) is -0.278. The van der Waals surface area contributed by atoms with E-state index in [-0.39, 0.29) is 12.4 Å². The van der Waals surface area contributed by atoms with Crippen LogP contribution in [-0.4, -0.2) is 24.9 Å². The fourth-order valence-electron chi connectivity index (χ4n) is 1.15. The molecular weight excluding hydrogens is 237 g/mol. The van der Waals surface area contributed by atoms with E-state index in [0.29, 0.717) is 5.69 Å². The summed E-state index contributed by atoms with van der Waals surface area (Å²) >= 11 is 0. The van der Waals surface area contributed by atoms with E-state index in [0.717, 1.165) is 16.9 Å². The Bertz CT molecular complexity index is 506. The second kappa shape index (κ2) is 4.13. The van der Waals surface area contributed by atoms with Gasteiger partial charge in [-0.15, -0.1) is 0 Å². The SMILES string of the molecule is OCc1cnc(-n2ccc(C(F)(F)F)n2)cn1. The van der Waals surface area contributed by atoms with Crippen molar-refractivity contribution in [3.05, 3.63) is 36.0 Å². The van der Waals surface area contributed by atoms with Gasteiger partial charge in [0.25, 0.3) is 0 Å². The van der Waals surface area contributed by atoms with Gasteiger partial charge in [0, 0.05) is 6.20 Å². The van der Waals surface area contributed by atoms with Crippen LogP contribution in [0.5, 0.6) is 0 Å². The molecule has 17 heavy (non-hydrogen) atoms. The van der Waals surface area contributed by atoms with Gasteiger partial charge in [0.1, 0.15) is 0 Å². The Morgan fingerprint density at radius 2 is 2.00 bits per heavy atom. The van der Waals surface area contributed by atoms with Gasteiger partial charge in [0.05, 0.1) is 24.7 Å². The normalized spacial score (nSPS) is 11.8. The Morgan fingerprint density at radius 3 is 2.47 bits per heavy atom. The number of hydrogen-bond donors (Lipinski definition) is 1. The van der Waals surface area contributed by atoms with Gasteiger partial charge in [-0.2, -0.15) is 18.3 Å². The maximum atomic E-state index is 12.3. The first-order valence-electron chi connectivity index (χ1n) is 4.56. The van der Waals surface area contributed by atoms with Gasteiger partial charge >= 0.3 is 6.18 Å². The molecule has 2 aromatic rings. The number of aromatic nitrogens is 4. The van der Waals surface area contributed by atoms with Crippen molar-refractivity contribution in [2.45, 2.75) is 12.8 Å². The smallest absolute Gasteiger partial charge is 0.390 e. The van der Waals surface area contributed by atoms with Crippen LogP contribution in [0.4, 0.5) is 13.2 Å². The van der Waals surface area contributed by atoms with Crippen LogP contribution in [0.25, 0.3) is 5.82 Å². The lowest BCUT2D eigenvalue weighted by molar-refractivity contribution is -0.141. The van der Waals surface area contributed by atoms with E-state index < -0.39 is 11.9 Å². The van der Waals surface area contributed by atoms with Crippen molar-refractivity contribution in [2.24, 2.45) is 0 Å². The molecule has 0 fully saturated rings. The monoisotopic (exact) mass is 244 g/mol. The zero-order chi connectivity index (χ0) is 12.5. The lowest BCUT2D eigenvalue weighted by atomic mass is 10.4. The Labute approximate surface area is 93.6 Å². The van der Waals surface area contributed by atoms with Crippen LogP contribution in [0.15, 0.2) is 24.7 Å². The van der Waals surface area contributed by atoms with Crippen LogP contribution < -0.4 is 0 Å². The molecule has 5 nitrogen and oxygen atoms in total. The first-order chi connectivity index (χ1) is 8.00. The largest absolute Gasteiger partial charge is 0.435 e. The molecular formula is C9H7F3N4O. The highest BCUT2D eigenvalue weighted by Crippen LogP contribution is 2.27. The number of alkyl halides is 3. The van der Waals surface area contributed by atoms with Gasteiger partial charge in [-0.25, -0.2) is 9.67 Å². The van der Waals surface area contributed by atoms with Gasteiger partial charge in [-0.1, -0.05) is 0 Å². The average molecular weight is 244 g/mol. The van der Waals surface area contributed by atoms with Gasteiger partial charge in [0.2, 0.25) is 0 Å². The predicted octanol–water partition coefficient (Wildman–Crippen LogP) is 1.17. The summed E-state index contributed by atoms with van der Waals surface area (Å²) in [6.07, 6.45) is -0.835. The van der Waals surface area contributed by atoms with E-state index >= 15 is 0 Å². The molecule has 2 aromatic heterocycles. The second-order valence-electron chi connectivity index (χ2n) is 3.17. The maximum Gasteiger partial charge on any atom is 0.435 e. The van der Waals surface area contributed by atoms with Crippen molar-refractivity contribution in [3.8, 4) is 5.82 Å². The highest BCUT2D eigenvalue weighted by atomic mass is 19.4. The molecule has 0 bridgehead atoms. The van der Waals surface area contributed by atoms with Crippen molar-refractivity contribution >= 4 is 0 Å². The van der Waals surface area contributed by atoms with Gasteiger partial charge < -0.3 is 5.11 Å². The summed E-state index contributed by atoms with van der Waals surface area (Å²) in [5.74, 6) is 0.151. The molecule has 90 valence electrons. The molecule has 0 aliphatic rings. The first kappa shape index (κ1) is 11.5. The third kappa shape index (κ3) is 2.41. The summed E-state index contributed by atoms with van der Waals surface area (Å²) in [4.78, 5) is 7.62. The molecule has 0 spiro atoms. The Hall–Kier alpha value is -1.96. The molecule has 0 amide bonds. The molecule has 0 radical (unpaired) electrons. The van der Waals surface area contributed by atoms with E-state index in [9.17, 15) is 13.2 Å². The number of hydrogen-bond acceptors (Lipinski definition) is 4. The third-order valence-corrected chi connectivity index (χ3v) is 1.97. The summed E-state index contributed by atoms with van der Waals surface area (Å²) in [5.41, 5.74) is -0.664. The fourth-order valence-corrected chi connectivity index (χ4v) is 1.15. The molecule has 0 unspecified atom stereocenters. The topological polar surface area (TPSA) is 63.8 Å². The van der Waals surface area contributed by atoms with E-state index in [1.165, 1.54) is 12.4 Å². The molecule has 0 saturated carbocycles. The zero-order valence-corrected chi connectivity index (χ0v) is 8.39. The number of nitrogens with zero attached hydrogens (tertiary/aromatic N) is 4. The summed E-state index contributed by atoms with van der Waals surface area (Å²) < 4.78 is 37.8. The quantitative estimate of drug-likeness (QED) is 0.861. The third-order valence-electron chi connectivity index (χ3n) is 1.97. The van der Waals surface area contributed by atoms with E-state index in [1.807, 2.05) is 0 Å². The molecule has 0 saturated heterocycles. The average Bonchev–Trinajstić information content (AvgIpc) is 2.78. The predicted molar refractivity (Wildman–Crippen MR) is 50.1 cm³/mol. The van der Waals surface area contributed by atoms with Crippen molar-refractivity contribution in [1.29, 1.82) is 0 Å². The standard InChI is InChI=1S/C9H7F3N4O/c10-9(11,12)7-1-2-16(15-7)8-4-13-6(5-17)3-14-8/h1-4,17H,5H2. The number of halogens is 3. The van der Waals surface area contributed by atoms with Gasteiger partial charge in [0.15, 0.2) is 11.5 Å². The van der Waals surface area contributed by atoms with Crippen molar-refractivity contribution in [1.82, 2.24) is 19.7 Å². The van der Waals surface area contributed by atoms with Crippen molar-refractivity contribution < 1.29 is 18.3 Å². The lowest BCUT2D eigenvalue weighted by Gasteiger charge is -2.02. The molecule has 0 aliphatic carbocycles. The Balaban J connectivity index is 2.30. The van der Waals surface area contributed by atoms with Crippen LogP contribution in [0.3, 0.4) is 0 Å². The highest BCUT2D eigenvalue weighted by molar-refractivity contribution is 5.19. The number of aliphatic hydroxyl groups excluding tert-OH is 1. The van der Waals surface area contributed by atoms with Crippen LogP contribution in [-0.2, 0) is 12.8 Å². The van der Waals surface area contributed by atoms with Crippen molar-refractivity contribution in [2.75, 3.05) is 0 Å². The van der Waals surface area contributed by atoms with Crippen molar-refractivity contribution in [3.63, 3.8) is 0 Å². The van der Waals surface area contributed by atoms with Crippen LogP contribution in [0, 0.1) is 0 Å². The second-order valence-corrected chi connectivity index (χ2v) is 3.17. The molecule has 0 aliphatic heterocycles. The fraction of sp³-hybridized carbons (Fsp3) is 0.222. The molecule has 0 atom stereocenters. The summed E-state index contributed by atoms with van der Waals surface area (Å²) in [7, 11) is 0. The summed E-state index contributed by atoms with van der Waals surface area (Å²) in [5, 5.41) is 12.1. The Kier molecular flexibility index (Phi) is 2.80. The minimum absolute atomic E-state index is 0.151. The molecule has 8 heteroatoms. The van der Waals surface area contributed by atoms with E-state index in [1.54, 1.807) is 0 Å². The molecule has 1 N–H and O–H groups in total. The minimum atomic E-state index is -4.48. The number of rotatable bonds is 2. The molecule has 0 aromatic carbocycles. The van der Waals surface area contributed by atoms with Crippen LogP contribution in [0.2, 0.25) is 0 Å². The van der Waals surface area contributed by atoms with E-state index in [4.69, 9.17) is 5.11 Å². The summed E-state index contributed by atoms with van der Waals surface area (Å²) in [6, 6.07) is 0.849. The number of aliphatic hydroxyl groups is 1. The maximum absolute atomic E-state index is 12.3.